The van der Waals surface area contributed by atoms with Crippen LogP contribution in [0.5, 0.6) is 0 Å². The Balaban J connectivity index is 1.71. The van der Waals surface area contributed by atoms with Crippen molar-refractivity contribution in [1.29, 1.82) is 0 Å². The predicted molar refractivity (Wildman–Crippen MR) is 95.6 cm³/mol. The van der Waals surface area contributed by atoms with E-state index >= 15 is 0 Å². The van der Waals surface area contributed by atoms with Gasteiger partial charge in [-0.3, -0.25) is 9.69 Å². The van der Waals surface area contributed by atoms with Gasteiger partial charge in [0.1, 0.15) is 0 Å². The van der Waals surface area contributed by atoms with E-state index in [4.69, 9.17) is 0 Å². The first-order valence-corrected chi connectivity index (χ1v) is 8.32. The van der Waals surface area contributed by atoms with Crippen LogP contribution in [0.4, 0.5) is 0 Å². The van der Waals surface area contributed by atoms with Gasteiger partial charge in [-0.1, -0.05) is 60.7 Å². The quantitative estimate of drug-likeness (QED) is 0.737. The van der Waals surface area contributed by atoms with E-state index in [1.54, 1.807) is 12.1 Å². The molecule has 0 saturated heterocycles. The third-order valence-corrected chi connectivity index (χ3v) is 4.68. The van der Waals surface area contributed by atoms with Gasteiger partial charge in [0, 0.05) is 43.7 Å². The lowest BCUT2D eigenvalue weighted by molar-refractivity contribution is 0.130. The summed E-state index contributed by atoms with van der Waals surface area (Å²) in [6.07, 6.45) is 1.92. The summed E-state index contributed by atoms with van der Waals surface area (Å²) in [5.74, 6) is 0. The van der Waals surface area contributed by atoms with Crippen molar-refractivity contribution >= 4 is 0 Å². The number of hydrogen-bond acceptors (Lipinski definition) is 2. The van der Waals surface area contributed by atoms with E-state index in [1.807, 2.05) is 12.3 Å². The molecular formula is C21H20N2O. The molecule has 1 atom stereocenters. The fourth-order valence-electron chi connectivity index (χ4n) is 3.46. The molecule has 0 amide bonds. The molecule has 0 bridgehead atoms. The molecule has 0 spiro atoms. The number of pyridine rings is 1. The van der Waals surface area contributed by atoms with E-state index < -0.39 is 0 Å². The highest BCUT2D eigenvalue weighted by Gasteiger charge is 2.26. The van der Waals surface area contributed by atoms with Crippen LogP contribution in [0.2, 0.25) is 0 Å². The maximum absolute atomic E-state index is 11.7. The smallest absolute Gasteiger partial charge is 0.181 e. The molecule has 2 heterocycles. The first kappa shape index (κ1) is 14.9. The molecule has 1 aliphatic rings. The third kappa shape index (κ3) is 3.03. The van der Waals surface area contributed by atoms with Crippen LogP contribution >= 0.6 is 0 Å². The van der Waals surface area contributed by atoms with Crippen molar-refractivity contribution in [3.63, 3.8) is 0 Å². The lowest BCUT2D eigenvalue weighted by atomic mass is 10.0. The van der Waals surface area contributed by atoms with Gasteiger partial charge in [-0.15, -0.1) is 0 Å². The van der Waals surface area contributed by atoms with E-state index in [9.17, 15) is 4.79 Å². The second-order valence-electron chi connectivity index (χ2n) is 6.32. The molecule has 3 heteroatoms. The van der Waals surface area contributed by atoms with E-state index in [-0.39, 0.29) is 5.43 Å². The molecule has 3 nitrogen and oxygen atoms in total. The molecule has 4 rings (SSSR count). The largest absolute Gasteiger partial charge is 0.348 e. The average molecular weight is 316 g/mol. The lowest BCUT2D eigenvalue weighted by Gasteiger charge is -2.38. The molecule has 0 saturated carbocycles. The fraction of sp³-hybridized carbons (Fsp3) is 0.190. The Kier molecular flexibility index (Phi) is 4.01. The van der Waals surface area contributed by atoms with Crippen molar-refractivity contribution in [3.05, 3.63) is 106 Å². The lowest BCUT2D eigenvalue weighted by Crippen LogP contribution is -2.37. The highest BCUT2D eigenvalue weighted by Crippen LogP contribution is 2.30. The van der Waals surface area contributed by atoms with Crippen molar-refractivity contribution in [2.24, 2.45) is 0 Å². The molecule has 1 aromatic heterocycles. The summed E-state index contributed by atoms with van der Waals surface area (Å²) < 4.78 is 2.21. The molecular weight excluding hydrogens is 296 g/mol. The van der Waals surface area contributed by atoms with Gasteiger partial charge in [0.2, 0.25) is 0 Å². The summed E-state index contributed by atoms with van der Waals surface area (Å²) in [6, 6.07) is 24.9. The molecule has 1 unspecified atom stereocenters. The van der Waals surface area contributed by atoms with E-state index in [0.717, 1.165) is 25.3 Å². The average Bonchev–Trinajstić information content (AvgIpc) is 2.63. The van der Waals surface area contributed by atoms with Gasteiger partial charge in [0.05, 0.1) is 6.04 Å². The molecule has 0 radical (unpaired) electrons. The van der Waals surface area contributed by atoms with Crippen molar-refractivity contribution in [2.45, 2.75) is 25.7 Å². The van der Waals surface area contributed by atoms with E-state index in [2.05, 4.69) is 64.1 Å². The number of hydrogen-bond donors (Lipinski definition) is 0. The minimum atomic E-state index is 0.0825. The normalized spacial score (nSPS) is 17.4. The summed E-state index contributed by atoms with van der Waals surface area (Å²) >= 11 is 0. The molecule has 120 valence electrons. The number of rotatable bonds is 3. The molecule has 0 fully saturated rings. The van der Waals surface area contributed by atoms with Crippen LogP contribution in [-0.2, 0) is 19.6 Å². The van der Waals surface area contributed by atoms with Crippen molar-refractivity contribution in [2.75, 3.05) is 0 Å². The van der Waals surface area contributed by atoms with Crippen molar-refractivity contribution in [3.8, 4) is 0 Å². The summed E-state index contributed by atoms with van der Waals surface area (Å²) in [4.78, 5) is 14.2. The third-order valence-electron chi connectivity index (χ3n) is 4.68. The van der Waals surface area contributed by atoms with Crippen LogP contribution < -0.4 is 5.43 Å². The Morgan fingerprint density at radius 3 is 2.38 bits per heavy atom. The first-order chi connectivity index (χ1) is 11.8. The SMILES string of the molecule is O=c1ccn2c(c1)CN(Cc1ccccc1)C(c1ccccc1)C2. The van der Waals surface area contributed by atoms with Crippen molar-refractivity contribution in [1.82, 2.24) is 9.47 Å². The minimum absolute atomic E-state index is 0.0825. The second kappa shape index (κ2) is 6.46. The van der Waals surface area contributed by atoms with Crippen LogP contribution in [0.3, 0.4) is 0 Å². The number of aromatic nitrogens is 1. The molecule has 3 aromatic rings. The topological polar surface area (TPSA) is 25.2 Å². The highest BCUT2D eigenvalue weighted by atomic mass is 16.1. The molecule has 0 N–H and O–H groups in total. The zero-order valence-electron chi connectivity index (χ0n) is 13.5. The van der Waals surface area contributed by atoms with E-state index in [1.165, 1.54) is 11.1 Å². The summed E-state index contributed by atoms with van der Waals surface area (Å²) in [6.45, 7) is 2.53. The maximum atomic E-state index is 11.7. The van der Waals surface area contributed by atoms with Gasteiger partial charge in [-0.05, 0) is 11.1 Å². The standard InChI is InChI=1S/C21H20N2O/c24-20-11-12-22-16-21(18-9-5-2-6-10-18)23(15-19(22)13-20)14-17-7-3-1-4-8-17/h1-13,21H,14-16H2. The number of fused-ring (bicyclic) bond motifs is 1. The van der Waals surface area contributed by atoms with Gasteiger partial charge in [-0.2, -0.15) is 0 Å². The van der Waals surface area contributed by atoms with Crippen LogP contribution in [0.15, 0.2) is 83.8 Å². The Morgan fingerprint density at radius 1 is 0.917 bits per heavy atom. The zero-order valence-corrected chi connectivity index (χ0v) is 13.5. The van der Waals surface area contributed by atoms with Crippen LogP contribution in [-0.4, -0.2) is 9.47 Å². The molecule has 24 heavy (non-hydrogen) atoms. The van der Waals surface area contributed by atoms with Gasteiger partial charge in [0.25, 0.3) is 0 Å². The van der Waals surface area contributed by atoms with Gasteiger partial charge in [0.15, 0.2) is 5.43 Å². The van der Waals surface area contributed by atoms with Crippen LogP contribution in [0.1, 0.15) is 22.9 Å². The summed E-state index contributed by atoms with van der Waals surface area (Å²) in [5, 5.41) is 0. The highest BCUT2D eigenvalue weighted by molar-refractivity contribution is 5.23. The van der Waals surface area contributed by atoms with Gasteiger partial charge in [-0.25, -0.2) is 0 Å². The monoisotopic (exact) mass is 316 g/mol. The summed E-state index contributed by atoms with van der Waals surface area (Å²) in [5.41, 5.74) is 3.78. The number of benzene rings is 2. The molecule has 1 aliphatic heterocycles. The first-order valence-electron chi connectivity index (χ1n) is 8.32. The number of nitrogens with zero attached hydrogens (tertiary/aromatic N) is 2. The Bertz CT molecular complexity index is 871. The van der Waals surface area contributed by atoms with Crippen LogP contribution in [0.25, 0.3) is 0 Å². The second-order valence-corrected chi connectivity index (χ2v) is 6.32. The Labute approximate surface area is 141 Å². The van der Waals surface area contributed by atoms with Crippen LogP contribution in [0, 0.1) is 0 Å². The van der Waals surface area contributed by atoms with Crippen molar-refractivity contribution < 1.29 is 0 Å². The van der Waals surface area contributed by atoms with Gasteiger partial charge >= 0.3 is 0 Å². The Hall–Kier alpha value is -2.65. The zero-order chi connectivity index (χ0) is 16.4. The van der Waals surface area contributed by atoms with Gasteiger partial charge < -0.3 is 4.57 Å². The minimum Gasteiger partial charge on any atom is -0.348 e. The van der Waals surface area contributed by atoms with E-state index in [0.29, 0.717) is 6.04 Å². The Morgan fingerprint density at radius 2 is 1.62 bits per heavy atom. The fourth-order valence-corrected chi connectivity index (χ4v) is 3.46. The maximum Gasteiger partial charge on any atom is 0.181 e. The molecule has 0 aliphatic carbocycles. The predicted octanol–water partition coefficient (Wildman–Crippen LogP) is 3.61. The molecule has 2 aromatic carbocycles. The summed E-state index contributed by atoms with van der Waals surface area (Å²) in [7, 11) is 0.